The van der Waals surface area contributed by atoms with Crippen LogP contribution < -0.4 is 5.32 Å². The van der Waals surface area contributed by atoms with Crippen LogP contribution >= 0.6 is 0 Å². The largest absolute Gasteiger partial charge is 0.466 e. The number of rotatable bonds is 86. The monoisotopic (exact) mass is 1380 g/mol. The Morgan fingerprint density at radius 2 is 0.510 bits per heavy atom. The Labute approximate surface area is 614 Å². The summed E-state index contributed by atoms with van der Waals surface area (Å²) in [4.78, 5) is 24.7. The summed E-state index contributed by atoms with van der Waals surface area (Å²) in [5, 5.41) is 23.5. The highest BCUT2D eigenvalue weighted by atomic mass is 16.5. The van der Waals surface area contributed by atoms with E-state index in [1.165, 1.54) is 430 Å². The molecule has 0 saturated carbocycles. The molecule has 98 heavy (non-hydrogen) atoms. The van der Waals surface area contributed by atoms with E-state index in [1.807, 2.05) is 0 Å². The van der Waals surface area contributed by atoms with E-state index < -0.39 is 12.1 Å². The number of nitrogens with one attached hydrogen (secondary N) is 1. The van der Waals surface area contributed by atoms with Gasteiger partial charge in [-0.1, -0.05) is 455 Å². The van der Waals surface area contributed by atoms with Gasteiger partial charge in [0.15, 0.2) is 0 Å². The summed E-state index contributed by atoms with van der Waals surface area (Å²) >= 11 is 0. The van der Waals surface area contributed by atoms with E-state index in [1.54, 1.807) is 0 Å². The van der Waals surface area contributed by atoms with Crippen LogP contribution in [0.25, 0.3) is 0 Å². The number of unbranched alkanes of at least 4 members (excludes halogenated alkanes) is 69. The maximum absolute atomic E-state index is 12.6. The fraction of sp³-hybridized carbons (Fsp3) is 0.913. The fourth-order valence-corrected chi connectivity index (χ4v) is 14.6. The molecule has 0 aromatic heterocycles. The predicted molar refractivity (Wildman–Crippen MR) is 435 cm³/mol. The molecule has 0 heterocycles. The van der Waals surface area contributed by atoms with Gasteiger partial charge in [0, 0.05) is 12.8 Å². The molecule has 6 nitrogen and oxygen atoms in total. The van der Waals surface area contributed by atoms with Gasteiger partial charge in [0.1, 0.15) is 0 Å². The second kappa shape index (κ2) is 87.5. The zero-order valence-corrected chi connectivity index (χ0v) is 66.8. The van der Waals surface area contributed by atoms with Gasteiger partial charge in [-0.2, -0.15) is 0 Å². The molecule has 2 unspecified atom stereocenters. The Morgan fingerprint density at radius 1 is 0.286 bits per heavy atom. The van der Waals surface area contributed by atoms with E-state index in [-0.39, 0.29) is 18.5 Å². The topological polar surface area (TPSA) is 95.9 Å². The van der Waals surface area contributed by atoms with Crippen LogP contribution in [-0.2, 0) is 14.3 Å². The summed E-state index contributed by atoms with van der Waals surface area (Å²) < 4.78 is 5.52. The van der Waals surface area contributed by atoms with E-state index in [0.717, 1.165) is 51.4 Å². The summed E-state index contributed by atoms with van der Waals surface area (Å²) in [6.45, 7) is 5.01. The highest BCUT2D eigenvalue weighted by Gasteiger charge is 2.20. The molecule has 1 amide bonds. The van der Waals surface area contributed by atoms with Crippen molar-refractivity contribution >= 4 is 11.9 Å². The van der Waals surface area contributed by atoms with E-state index >= 15 is 0 Å². The summed E-state index contributed by atoms with van der Waals surface area (Å²) in [5.74, 6) is -0.00718. The molecule has 2 atom stereocenters. The van der Waals surface area contributed by atoms with Crippen LogP contribution in [0.15, 0.2) is 36.5 Å². The third-order valence-electron chi connectivity index (χ3n) is 21.4. The van der Waals surface area contributed by atoms with E-state index in [0.29, 0.717) is 25.9 Å². The molecule has 0 radical (unpaired) electrons. The normalized spacial score (nSPS) is 12.6. The Balaban J connectivity index is 3.35. The van der Waals surface area contributed by atoms with Crippen LogP contribution in [0.2, 0.25) is 0 Å². The number of hydrogen-bond donors (Lipinski definition) is 3. The molecule has 0 aromatic rings. The SMILES string of the molecule is CCCCCCCCC/C=C\CCCCCCCCCC(=O)OCCCCCCCCCCCCCCCCC/C=C\C/C=C\CCCCCCCCCCCCCCCCCCCC(=O)NC(CO)C(O)CCCCCCCCCCCCCCCCCCCCCCCCCC. The lowest BCUT2D eigenvalue weighted by molar-refractivity contribution is -0.143. The number of hydrogen-bond acceptors (Lipinski definition) is 5. The number of aliphatic hydroxyl groups is 2. The first-order valence-electron chi connectivity index (χ1n) is 45.2. The standard InChI is InChI=1S/C92H177NO5/c1-3-5-7-9-11-13-15-17-19-21-23-24-25-43-46-49-52-56-60-64-68-72-76-80-84-90(95)89(88-94)93-91(96)85-81-77-73-69-65-61-57-53-50-47-44-41-39-37-35-33-31-29-27-26-28-30-32-34-36-38-40-42-45-48-51-55-59-63-67-71-75-79-83-87-98-92(97)86-82-78-74-70-66-62-58-54-22-20-18-16-14-12-10-8-6-4-2/h20,22,26-27,30,32,89-90,94-95H,3-19,21,23-25,28-29,31,33-88H2,1-2H3,(H,93,96)/b22-20-,27-26-,32-30-. The third kappa shape index (κ3) is 83.0. The molecule has 3 N–H and O–H groups in total. The first-order chi connectivity index (χ1) is 48.5. The van der Waals surface area contributed by atoms with Gasteiger partial charge in [0.05, 0.1) is 25.4 Å². The number of carbonyl (C=O) groups excluding carboxylic acids is 2. The second-order valence-corrected chi connectivity index (χ2v) is 31.3. The van der Waals surface area contributed by atoms with Gasteiger partial charge < -0.3 is 20.3 Å². The van der Waals surface area contributed by atoms with Crippen molar-refractivity contribution < 1.29 is 24.5 Å². The van der Waals surface area contributed by atoms with Crippen LogP contribution in [0.5, 0.6) is 0 Å². The average molecular weight is 1380 g/mol. The fourth-order valence-electron chi connectivity index (χ4n) is 14.6. The zero-order valence-electron chi connectivity index (χ0n) is 66.8. The number of carbonyl (C=O) groups is 2. The molecule has 6 heteroatoms. The molecule has 0 aliphatic rings. The first kappa shape index (κ1) is 96.1. The zero-order chi connectivity index (χ0) is 70.5. The van der Waals surface area contributed by atoms with Gasteiger partial charge in [0.2, 0.25) is 5.91 Å². The van der Waals surface area contributed by atoms with Crippen molar-refractivity contribution in [2.75, 3.05) is 13.2 Å². The molecular formula is C92H177NO5. The van der Waals surface area contributed by atoms with Crippen molar-refractivity contribution in [1.29, 1.82) is 0 Å². The number of amides is 1. The number of ether oxygens (including phenoxy) is 1. The van der Waals surface area contributed by atoms with Crippen molar-refractivity contribution in [2.45, 2.75) is 527 Å². The van der Waals surface area contributed by atoms with E-state index in [4.69, 9.17) is 4.74 Å². The van der Waals surface area contributed by atoms with Crippen molar-refractivity contribution in [3.8, 4) is 0 Å². The molecule has 0 saturated heterocycles. The van der Waals surface area contributed by atoms with E-state index in [2.05, 4.69) is 55.6 Å². The van der Waals surface area contributed by atoms with E-state index in [9.17, 15) is 19.8 Å². The Morgan fingerprint density at radius 3 is 0.786 bits per heavy atom. The van der Waals surface area contributed by atoms with Crippen LogP contribution in [0.1, 0.15) is 515 Å². The lowest BCUT2D eigenvalue weighted by atomic mass is 10.0. The van der Waals surface area contributed by atoms with Gasteiger partial charge >= 0.3 is 5.97 Å². The molecule has 0 bridgehead atoms. The van der Waals surface area contributed by atoms with Gasteiger partial charge in [-0.3, -0.25) is 9.59 Å². The highest BCUT2D eigenvalue weighted by Crippen LogP contribution is 2.21. The van der Waals surface area contributed by atoms with Crippen LogP contribution in [0, 0.1) is 0 Å². The summed E-state index contributed by atoms with van der Waals surface area (Å²) in [7, 11) is 0. The molecule has 0 aliphatic heterocycles. The smallest absolute Gasteiger partial charge is 0.305 e. The maximum Gasteiger partial charge on any atom is 0.305 e. The number of aliphatic hydroxyl groups excluding tert-OH is 2. The van der Waals surface area contributed by atoms with Crippen LogP contribution in [-0.4, -0.2) is 47.4 Å². The highest BCUT2D eigenvalue weighted by molar-refractivity contribution is 5.76. The minimum atomic E-state index is -0.664. The third-order valence-corrected chi connectivity index (χ3v) is 21.4. The summed E-state index contributed by atoms with van der Waals surface area (Å²) in [6.07, 6.45) is 116. The van der Waals surface area contributed by atoms with Gasteiger partial charge in [-0.15, -0.1) is 0 Å². The first-order valence-corrected chi connectivity index (χ1v) is 45.2. The molecule has 0 rings (SSSR count). The number of allylic oxidation sites excluding steroid dienone is 6. The lowest BCUT2D eigenvalue weighted by Gasteiger charge is -2.22. The molecule has 0 aromatic carbocycles. The molecule has 0 fully saturated rings. The van der Waals surface area contributed by atoms with Gasteiger partial charge in [0.25, 0.3) is 0 Å². The van der Waals surface area contributed by atoms with Crippen LogP contribution in [0.3, 0.4) is 0 Å². The van der Waals surface area contributed by atoms with Crippen molar-refractivity contribution in [3.05, 3.63) is 36.5 Å². The van der Waals surface area contributed by atoms with Crippen molar-refractivity contribution in [3.63, 3.8) is 0 Å². The summed E-state index contributed by atoms with van der Waals surface area (Å²) in [5.41, 5.74) is 0. The molecule has 0 spiro atoms. The quantitative estimate of drug-likeness (QED) is 0.0320. The maximum atomic E-state index is 12.6. The average Bonchev–Trinajstić information content (AvgIpc) is 1.88. The Bertz CT molecular complexity index is 1590. The molecule has 580 valence electrons. The minimum Gasteiger partial charge on any atom is -0.466 e. The second-order valence-electron chi connectivity index (χ2n) is 31.3. The Kier molecular flexibility index (Phi) is 85.8. The number of esters is 1. The minimum absolute atomic E-state index is 0.0185. The molecular weight excluding hydrogens is 1200 g/mol. The van der Waals surface area contributed by atoms with Crippen molar-refractivity contribution in [2.24, 2.45) is 0 Å². The van der Waals surface area contributed by atoms with Gasteiger partial charge in [-0.25, -0.2) is 0 Å². The van der Waals surface area contributed by atoms with Gasteiger partial charge in [-0.05, 0) is 83.5 Å². The van der Waals surface area contributed by atoms with Crippen LogP contribution in [0.4, 0.5) is 0 Å². The summed E-state index contributed by atoms with van der Waals surface area (Å²) in [6, 6.07) is -0.541. The predicted octanol–water partition coefficient (Wildman–Crippen LogP) is 30.5. The molecule has 0 aliphatic carbocycles. The lowest BCUT2D eigenvalue weighted by Crippen LogP contribution is -2.45. The van der Waals surface area contributed by atoms with Crippen molar-refractivity contribution in [1.82, 2.24) is 5.32 Å². The Hall–Kier alpha value is -1.92.